The zero-order chi connectivity index (χ0) is 28.5. The van der Waals surface area contributed by atoms with Gasteiger partial charge >= 0.3 is 12.2 Å². The Morgan fingerprint density at radius 1 is 0.821 bits per heavy atom. The summed E-state index contributed by atoms with van der Waals surface area (Å²) in [5, 5.41) is 3.00. The van der Waals surface area contributed by atoms with Crippen LogP contribution in [0.15, 0.2) is 42.5 Å². The highest BCUT2D eigenvalue weighted by molar-refractivity contribution is 6.05. The Balaban J connectivity index is 1.38. The second-order valence-electron chi connectivity index (χ2n) is 12.2. The van der Waals surface area contributed by atoms with Crippen LogP contribution in [0.25, 0.3) is 5.57 Å². The molecule has 208 valence electrons. The fourth-order valence-electron chi connectivity index (χ4n) is 4.67. The van der Waals surface area contributed by atoms with Gasteiger partial charge in [-0.1, -0.05) is 24.3 Å². The number of carbonyl (C=O) groups is 3. The van der Waals surface area contributed by atoms with Gasteiger partial charge in [0.05, 0.1) is 0 Å². The predicted molar refractivity (Wildman–Crippen MR) is 151 cm³/mol. The third-order valence-corrected chi connectivity index (χ3v) is 6.54. The van der Waals surface area contributed by atoms with Crippen molar-refractivity contribution < 1.29 is 23.9 Å². The zero-order valence-corrected chi connectivity index (χ0v) is 24.0. The summed E-state index contributed by atoms with van der Waals surface area (Å²) in [4.78, 5) is 41.3. The summed E-state index contributed by atoms with van der Waals surface area (Å²) in [7, 11) is 0. The van der Waals surface area contributed by atoms with Crippen LogP contribution >= 0.6 is 0 Å². The van der Waals surface area contributed by atoms with Crippen molar-refractivity contribution in [2.24, 2.45) is 0 Å². The van der Waals surface area contributed by atoms with Gasteiger partial charge < -0.3 is 19.7 Å². The molecular formula is C31H39N3O5. The lowest BCUT2D eigenvalue weighted by atomic mass is 9.95. The van der Waals surface area contributed by atoms with Crippen LogP contribution in [0, 0.1) is 6.92 Å². The van der Waals surface area contributed by atoms with E-state index in [-0.39, 0.29) is 18.1 Å². The minimum atomic E-state index is -0.549. The Bertz CT molecular complexity index is 1320. The summed E-state index contributed by atoms with van der Waals surface area (Å²) in [5.74, 6) is -0.185. The molecule has 0 radical (unpaired) electrons. The van der Waals surface area contributed by atoms with E-state index in [0.29, 0.717) is 37.4 Å². The maximum atomic E-state index is 13.1. The lowest BCUT2D eigenvalue weighted by molar-refractivity contribution is 0.0238. The molecule has 0 aliphatic carbocycles. The van der Waals surface area contributed by atoms with E-state index in [9.17, 15) is 14.4 Å². The van der Waals surface area contributed by atoms with Gasteiger partial charge in [-0.2, -0.15) is 0 Å². The molecule has 0 fully saturated rings. The normalized spacial score (nSPS) is 15.4. The summed E-state index contributed by atoms with van der Waals surface area (Å²) in [6, 6.07) is 11.6. The number of aryl methyl sites for hydroxylation is 1. The minimum absolute atomic E-state index is 0.185. The molecule has 2 aliphatic rings. The van der Waals surface area contributed by atoms with Crippen LogP contribution in [-0.4, -0.2) is 52.2 Å². The van der Waals surface area contributed by atoms with E-state index in [1.807, 2.05) is 90.9 Å². The first-order valence-electron chi connectivity index (χ1n) is 13.4. The van der Waals surface area contributed by atoms with Crippen molar-refractivity contribution in [2.75, 3.05) is 18.4 Å². The summed E-state index contributed by atoms with van der Waals surface area (Å²) in [5.41, 5.74) is 5.33. The standard InChI is InChI=1S/C31H39N3O5/c1-20-16-22(21-12-14-33(15-13-21)28(36)38-30(2,3)4)9-11-26(20)27(35)32-25-10-8-23-18-34(19-24(23)17-25)29(37)39-31(5,6)7/h8-12,16-17H,13-15,18-19H2,1-7H3,(H,32,35). The Kier molecular flexibility index (Phi) is 7.77. The van der Waals surface area contributed by atoms with E-state index >= 15 is 0 Å². The predicted octanol–water partition coefficient (Wildman–Crippen LogP) is 6.52. The molecule has 3 amide bonds. The van der Waals surface area contributed by atoms with Crippen molar-refractivity contribution in [2.45, 2.75) is 79.2 Å². The average molecular weight is 534 g/mol. The molecule has 0 saturated carbocycles. The number of nitrogens with one attached hydrogen (secondary N) is 1. The van der Waals surface area contributed by atoms with Crippen LogP contribution in [0.2, 0.25) is 0 Å². The SMILES string of the molecule is Cc1cc(C2=CCN(C(=O)OC(C)(C)C)CC2)ccc1C(=O)Nc1ccc2c(c1)CN(C(=O)OC(C)(C)C)C2. The van der Waals surface area contributed by atoms with Gasteiger partial charge in [-0.05, 0) is 101 Å². The van der Waals surface area contributed by atoms with Crippen LogP contribution in [-0.2, 0) is 22.6 Å². The van der Waals surface area contributed by atoms with E-state index in [2.05, 4.69) is 5.32 Å². The van der Waals surface area contributed by atoms with Crippen molar-refractivity contribution in [1.82, 2.24) is 9.80 Å². The first-order chi connectivity index (χ1) is 18.2. The van der Waals surface area contributed by atoms with Gasteiger partial charge in [0.25, 0.3) is 5.91 Å². The second-order valence-corrected chi connectivity index (χ2v) is 12.2. The van der Waals surface area contributed by atoms with Gasteiger partial charge in [0.15, 0.2) is 0 Å². The number of carbonyl (C=O) groups excluding carboxylic acids is 3. The number of amides is 3. The highest BCUT2D eigenvalue weighted by atomic mass is 16.6. The van der Waals surface area contributed by atoms with Crippen molar-refractivity contribution in [3.05, 3.63) is 70.3 Å². The van der Waals surface area contributed by atoms with Crippen LogP contribution in [0.3, 0.4) is 0 Å². The number of anilines is 1. The van der Waals surface area contributed by atoms with E-state index in [4.69, 9.17) is 9.47 Å². The Labute approximate surface area is 231 Å². The highest BCUT2D eigenvalue weighted by Gasteiger charge is 2.28. The average Bonchev–Trinajstić information content (AvgIpc) is 3.26. The van der Waals surface area contributed by atoms with Crippen molar-refractivity contribution in [1.29, 1.82) is 0 Å². The minimum Gasteiger partial charge on any atom is -0.444 e. The van der Waals surface area contributed by atoms with Gasteiger partial charge in [-0.3, -0.25) is 9.69 Å². The number of benzene rings is 2. The lowest BCUT2D eigenvalue weighted by Gasteiger charge is -2.29. The topological polar surface area (TPSA) is 88.2 Å². The Hall–Kier alpha value is -3.81. The number of ether oxygens (including phenoxy) is 2. The molecule has 0 spiro atoms. The van der Waals surface area contributed by atoms with E-state index in [1.165, 1.54) is 0 Å². The summed E-state index contributed by atoms with van der Waals surface area (Å²) < 4.78 is 11.0. The number of hydrogen-bond donors (Lipinski definition) is 1. The molecule has 2 heterocycles. The molecule has 8 heteroatoms. The number of rotatable bonds is 3. The van der Waals surface area contributed by atoms with Crippen LogP contribution < -0.4 is 5.32 Å². The fraction of sp³-hybridized carbons (Fsp3) is 0.452. The van der Waals surface area contributed by atoms with E-state index in [0.717, 1.165) is 34.2 Å². The molecule has 8 nitrogen and oxygen atoms in total. The van der Waals surface area contributed by atoms with Crippen molar-refractivity contribution in [3.8, 4) is 0 Å². The van der Waals surface area contributed by atoms with E-state index in [1.54, 1.807) is 9.80 Å². The quantitative estimate of drug-likeness (QED) is 0.485. The van der Waals surface area contributed by atoms with Crippen molar-refractivity contribution >= 4 is 29.4 Å². The smallest absolute Gasteiger partial charge is 0.410 e. The Morgan fingerprint density at radius 3 is 2.05 bits per heavy atom. The molecule has 2 aliphatic heterocycles. The van der Waals surface area contributed by atoms with Crippen LogP contribution in [0.5, 0.6) is 0 Å². The van der Waals surface area contributed by atoms with Crippen LogP contribution in [0.4, 0.5) is 15.3 Å². The van der Waals surface area contributed by atoms with E-state index < -0.39 is 11.2 Å². The third-order valence-electron chi connectivity index (χ3n) is 6.54. The molecule has 4 rings (SSSR count). The number of hydrogen-bond acceptors (Lipinski definition) is 5. The largest absolute Gasteiger partial charge is 0.444 e. The van der Waals surface area contributed by atoms with Gasteiger partial charge in [0, 0.05) is 37.4 Å². The third kappa shape index (κ3) is 7.19. The Morgan fingerprint density at radius 2 is 1.46 bits per heavy atom. The van der Waals surface area contributed by atoms with Crippen LogP contribution in [0.1, 0.15) is 80.6 Å². The molecule has 2 aromatic rings. The molecule has 0 atom stereocenters. The summed E-state index contributed by atoms with van der Waals surface area (Å²) in [6.45, 7) is 15.1. The van der Waals surface area contributed by atoms with Crippen molar-refractivity contribution in [3.63, 3.8) is 0 Å². The molecular weight excluding hydrogens is 494 g/mol. The molecule has 0 unspecified atom stereocenters. The van der Waals surface area contributed by atoms with Gasteiger partial charge in [0.2, 0.25) is 0 Å². The molecule has 0 aromatic heterocycles. The molecule has 39 heavy (non-hydrogen) atoms. The lowest BCUT2D eigenvalue weighted by Crippen LogP contribution is -2.39. The monoisotopic (exact) mass is 533 g/mol. The van der Waals surface area contributed by atoms with Gasteiger partial charge in [-0.15, -0.1) is 0 Å². The molecule has 0 saturated heterocycles. The first-order valence-corrected chi connectivity index (χ1v) is 13.4. The molecule has 1 N–H and O–H groups in total. The first kappa shape index (κ1) is 28.2. The fourth-order valence-corrected chi connectivity index (χ4v) is 4.67. The number of nitrogens with zero attached hydrogens (tertiary/aromatic N) is 2. The zero-order valence-electron chi connectivity index (χ0n) is 24.0. The van der Waals surface area contributed by atoms with Gasteiger partial charge in [0.1, 0.15) is 11.2 Å². The maximum absolute atomic E-state index is 13.1. The number of fused-ring (bicyclic) bond motifs is 1. The molecule has 0 bridgehead atoms. The second kappa shape index (κ2) is 10.8. The maximum Gasteiger partial charge on any atom is 0.410 e. The molecule has 2 aromatic carbocycles. The van der Waals surface area contributed by atoms with Gasteiger partial charge in [-0.25, -0.2) is 9.59 Å². The summed E-state index contributed by atoms with van der Waals surface area (Å²) in [6.07, 6.45) is 2.13. The highest BCUT2D eigenvalue weighted by Crippen LogP contribution is 2.29. The summed E-state index contributed by atoms with van der Waals surface area (Å²) >= 11 is 0.